The molecule has 21 heavy (non-hydrogen) atoms. The van der Waals surface area contributed by atoms with Gasteiger partial charge in [-0.2, -0.15) is 0 Å². The van der Waals surface area contributed by atoms with Crippen LogP contribution in [0.4, 0.5) is 0 Å². The van der Waals surface area contributed by atoms with Crippen molar-refractivity contribution in [2.45, 2.75) is 0 Å². The van der Waals surface area contributed by atoms with Gasteiger partial charge in [-0.1, -0.05) is 60.7 Å². The van der Waals surface area contributed by atoms with Crippen molar-refractivity contribution in [2.75, 3.05) is 0 Å². The smallest absolute Gasteiger partial charge is 0.122 e. The second-order valence-corrected chi connectivity index (χ2v) is 4.40. The predicted molar refractivity (Wildman–Crippen MR) is 83.8 cm³/mol. The topological polar surface area (TPSA) is 99.7 Å². The lowest BCUT2D eigenvalue weighted by Gasteiger charge is -2.00. The van der Waals surface area contributed by atoms with Crippen molar-refractivity contribution in [1.82, 2.24) is 0 Å². The number of nitrogens with two attached hydrogens (primary N) is 2. The zero-order valence-electron chi connectivity index (χ0n) is 11.3. The summed E-state index contributed by atoms with van der Waals surface area (Å²) in [5, 5.41) is 14.7. The third-order valence-electron chi connectivity index (χ3n) is 2.91. The fourth-order valence-electron chi connectivity index (χ4n) is 1.74. The van der Waals surface area contributed by atoms with E-state index in [-0.39, 0.29) is 24.1 Å². The molecule has 4 nitrogen and oxygen atoms in total. The maximum absolute atomic E-state index is 7.33. The second kappa shape index (κ2) is 7.26. The first kappa shape index (κ1) is 16.5. The van der Waals surface area contributed by atoms with Gasteiger partial charge in [-0.05, 0) is 11.1 Å². The summed E-state index contributed by atoms with van der Waals surface area (Å²) in [5.41, 5.74) is 14.3. The lowest BCUT2D eigenvalue weighted by atomic mass is 10.1. The maximum Gasteiger partial charge on any atom is 0.122 e. The maximum atomic E-state index is 7.33. The Morgan fingerprint density at radius 2 is 0.952 bits per heavy atom. The molecule has 0 fully saturated rings. The summed E-state index contributed by atoms with van der Waals surface area (Å²) in [6.45, 7) is 0. The molecule has 2 aromatic rings. The highest BCUT2D eigenvalue weighted by molar-refractivity contribution is 5.95. The molecular weight excluding hydrogens is 284 g/mol. The highest BCUT2D eigenvalue weighted by Crippen LogP contribution is 2.10. The van der Waals surface area contributed by atoms with Crippen LogP contribution in [-0.4, -0.2) is 11.7 Å². The van der Waals surface area contributed by atoms with E-state index in [1.807, 2.05) is 60.7 Å². The van der Waals surface area contributed by atoms with E-state index >= 15 is 0 Å². The molecule has 0 saturated heterocycles. The number of benzene rings is 2. The summed E-state index contributed by atoms with van der Waals surface area (Å²) in [6, 6.07) is 14.9. The van der Waals surface area contributed by atoms with E-state index in [1.54, 1.807) is 0 Å². The van der Waals surface area contributed by atoms with Crippen molar-refractivity contribution in [3.63, 3.8) is 0 Å². The Labute approximate surface area is 129 Å². The Morgan fingerprint density at radius 3 is 1.19 bits per heavy atom. The third-order valence-corrected chi connectivity index (χ3v) is 2.91. The van der Waals surface area contributed by atoms with Gasteiger partial charge in [0.25, 0.3) is 0 Å². The van der Waals surface area contributed by atoms with Gasteiger partial charge in [0, 0.05) is 11.1 Å². The van der Waals surface area contributed by atoms with E-state index in [1.165, 1.54) is 0 Å². The summed E-state index contributed by atoms with van der Waals surface area (Å²) in [5.74, 6) is 0.140. The molecule has 0 unspecified atom stereocenters. The van der Waals surface area contributed by atoms with Gasteiger partial charge in [0.1, 0.15) is 11.7 Å². The number of nitrogen functional groups attached to an aromatic ring is 2. The van der Waals surface area contributed by atoms with Gasteiger partial charge in [-0.25, -0.2) is 0 Å². The van der Waals surface area contributed by atoms with Gasteiger partial charge in [0.15, 0.2) is 0 Å². The molecule has 0 radical (unpaired) electrons. The molecule has 0 aliphatic carbocycles. The largest absolute Gasteiger partial charge is 1.00 e. The third kappa shape index (κ3) is 4.47. The van der Waals surface area contributed by atoms with Crippen LogP contribution in [0.25, 0.3) is 12.2 Å². The van der Waals surface area contributed by atoms with Crippen molar-refractivity contribution < 1.29 is 12.4 Å². The average molecular weight is 300 g/mol. The highest BCUT2D eigenvalue weighted by atomic mass is 35.5. The number of hydrogen-bond donors (Lipinski definition) is 4. The molecule has 0 saturated carbocycles. The Bertz CT molecular complexity index is 598. The molecule has 2 aromatic carbocycles. The van der Waals surface area contributed by atoms with Crippen LogP contribution in [0.15, 0.2) is 48.5 Å². The van der Waals surface area contributed by atoms with E-state index < -0.39 is 0 Å². The summed E-state index contributed by atoms with van der Waals surface area (Å²) >= 11 is 0. The number of nitrogens with one attached hydrogen (secondary N) is 2. The quantitative estimate of drug-likeness (QED) is 0.345. The molecule has 5 heteroatoms. The van der Waals surface area contributed by atoms with Crippen molar-refractivity contribution >= 4 is 23.8 Å². The summed E-state index contributed by atoms with van der Waals surface area (Å²) in [6.07, 6.45) is 3.96. The minimum Gasteiger partial charge on any atom is -1.00 e. The van der Waals surface area contributed by atoms with Crippen molar-refractivity contribution in [1.29, 1.82) is 10.8 Å². The van der Waals surface area contributed by atoms with Crippen LogP contribution in [0, 0.1) is 10.8 Å². The monoisotopic (exact) mass is 299 g/mol. The Kier molecular flexibility index (Phi) is 5.69. The molecule has 0 aliphatic heterocycles. The Balaban J connectivity index is 0.00000220. The zero-order valence-corrected chi connectivity index (χ0v) is 12.1. The molecular formula is C16H16ClN4-. The number of halogens is 1. The Morgan fingerprint density at radius 1 is 0.667 bits per heavy atom. The van der Waals surface area contributed by atoms with E-state index in [2.05, 4.69) is 0 Å². The fraction of sp³-hybridized carbons (Fsp3) is 0. The first-order valence-corrected chi connectivity index (χ1v) is 6.13. The second-order valence-electron chi connectivity index (χ2n) is 4.40. The van der Waals surface area contributed by atoms with Gasteiger partial charge in [0.2, 0.25) is 0 Å². The Hall–Kier alpha value is -2.59. The SMILES string of the molecule is N=C(N)c1ccc(C=Cc2ccc(C(=N)N)cc2)cc1.[Cl-]. The predicted octanol–water partition coefficient (Wildman–Crippen LogP) is -0.571. The first-order valence-electron chi connectivity index (χ1n) is 6.13. The van der Waals surface area contributed by atoms with Crippen LogP contribution >= 0.6 is 0 Å². The molecule has 0 amide bonds. The zero-order chi connectivity index (χ0) is 14.5. The molecule has 0 atom stereocenters. The summed E-state index contributed by atoms with van der Waals surface area (Å²) < 4.78 is 0. The minimum atomic E-state index is 0. The molecule has 0 bridgehead atoms. The van der Waals surface area contributed by atoms with Crippen molar-refractivity contribution in [3.8, 4) is 0 Å². The van der Waals surface area contributed by atoms with Crippen LogP contribution in [0.5, 0.6) is 0 Å². The number of hydrogen-bond acceptors (Lipinski definition) is 2. The lowest BCUT2D eigenvalue weighted by Crippen LogP contribution is -3.00. The van der Waals surface area contributed by atoms with E-state index in [0.717, 1.165) is 11.1 Å². The van der Waals surface area contributed by atoms with Gasteiger partial charge in [-0.15, -0.1) is 0 Å². The van der Waals surface area contributed by atoms with Crippen LogP contribution in [0.2, 0.25) is 0 Å². The van der Waals surface area contributed by atoms with E-state index in [9.17, 15) is 0 Å². The molecule has 6 N–H and O–H groups in total. The standard InChI is InChI=1S/C16H16N4.ClH/c17-15(18)13-7-3-11(4-8-13)1-2-12-5-9-14(10-6-12)16(19)20;/h1-10H,(H3,17,18)(H3,19,20);1H/p-1. The van der Waals surface area contributed by atoms with Crippen LogP contribution in [-0.2, 0) is 0 Å². The van der Waals surface area contributed by atoms with Gasteiger partial charge < -0.3 is 23.9 Å². The molecule has 0 heterocycles. The molecule has 0 spiro atoms. The minimum absolute atomic E-state index is 0. The van der Waals surface area contributed by atoms with Crippen LogP contribution in [0.1, 0.15) is 22.3 Å². The normalized spacial score (nSPS) is 10.1. The van der Waals surface area contributed by atoms with E-state index in [4.69, 9.17) is 22.3 Å². The number of amidine groups is 2. The van der Waals surface area contributed by atoms with Gasteiger partial charge in [-0.3, -0.25) is 10.8 Å². The fourth-order valence-corrected chi connectivity index (χ4v) is 1.74. The van der Waals surface area contributed by atoms with E-state index in [0.29, 0.717) is 11.1 Å². The summed E-state index contributed by atoms with van der Waals surface area (Å²) in [4.78, 5) is 0. The first-order chi connectivity index (χ1) is 9.56. The molecule has 0 aliphatic rings. The highest BCUT2D eigenvalue weighted by Gasteiger charge is 1.96. The van der Waals surface area contributed by atoms with Crippen molar-refractivity contribution in [3.05, 3.63) is 70.8 Å². The van der Waals surface area contributed by atoms with Crippen LogP contribution in [0.3, 0.4) is 0 Å². The lowest BCUT2D eigenvalue weighted by molar-refractivity contribution is -0.00000467. The average Bonchev–Trinajstić information content (AvgIpc) is 2.46. The summed E-state index contributed by atoms with van der Waals surface area (Å²) in [7, 11) is 0. The molecule has 108 valence electrons. The van der Waals surface area contributed by atoms with Crippen LogP contribution < -0.4 is 23.9 Å². The van der Waals surface area contributed by atoms with Gasteiger partial charge >= 0.3 is 0 Å². The van der Waals surface area contributed by atoms with Gasteiger partial charge in [0.05, 0.1) is 0 Å². The molecule has 2 rings (SSSR count). The molecule has 0 aromatic heterocycles. The number of rotatable bonds is 4. The van der Waals surface area contributed by atoms with Crippen molar-refractivity contribution in [2.24, 2.45) is 11.5 Å².